The van der Waals surface area contributed by atoms with Gasteiger partial charge >= 0.3 is 18.9 Å². The molecule has 2 nitrogen and oxygen atoms in total. The maximum atomic E-state index is 12.8. The first-order valence-corrected chi connectivity index (χ1v) is 8.95. The summed E-state index contributed by atoms with van der Waals surface area (Å²) in [6.45, 7) is 12.3. The van der Waals surface area contributed by atoms with Crippen LogP contribution in [0.1, 0.15) is 46.5 Å². The monoisotopic (exact) mass is 336 g/mol. The molecule has 0 heterocycles. The van der Waals surface area contributed by atoms with Gasteiger partial charge in [0.25, 0.3) is 0 Å². The second kappa shape index (κ2) is 8.86. The number of carbonyl (C=O) groups excluding carboxylic acids is 1. The summed E-state index contributed by atoms with van der Waals surface area (Å²) in [7, 11) is 0.139. The van der Waals surface area contributed by atoms with Crippen LogP contribution < -0.4 is 10.0 Å². The minimum atomic E-state index is 0. The van der Waals surface area contributed by atoms with Crippen LogP contribution >= 0.6 is 8.58 Å². The Balaban J connectivity index is 0.00000288. The van der Waals surface area contributed by atoms with Crippen molar-refractivity contribution in [3.63, 3.8) is 0 Å². The van der Waals surface area contributed by atoms with Gasteiger partial charge in [-0.15, -0.1) is 0 Å². The molecule has 0 aliphatic rings. The van der Waals surface area contributed by atoms with Crippen molar-refractivity contribution in [3.8, 4) is 5.75 Å². The third-order valence-corrected chi connectivity index (χ3v) is 5.17. The molecule has 2 aromatic rings. The number of hydrogen-bond donors (Lipinski definition) is 0. The van der Waals surface area contributed by atoms with Crippen LogP contribution in [0.4, 0.5) is 0 Å². The average molecular weight is 336 g/mol. The van der Waals surface area contributed by atoms with Gasteiger partial charge in [0.2, 0.25) is 0 Å². The number of ether oxygens (including phenoxy) is 1. The first kappa shape index (κ1) is 21.0. The Morgan fingerprint density at radius 2 is 1.54 bits per heavy atom. The fourth-order valence-corrected chi connectivity index (χ4v) is 3.82. The van der Waals surface area contributed by atoms with E-state index in [0.29, 0.717) is 0 Å². The number of rotatable bonds is 5. The van der Waals surface area contributed by atoms with Gasteiger partial charge in [-0.1, -0.05) is 18.2 Å². The van der Waals surface area contributed by atoms with Crippen LogP contribution in [0.3, 0.4) is 0 Å². The molecule has 0 amide bonds. The molecule has 0 radical (unpaired) electrons. The molecule has 0 fully saturated rings. The SMILES string of the molecule is Cc1cc(C)c(C(=O)Pc2ccc(OC(C)C)cc2)c(C)c1C.[LiH]. The zero-order valence-electron chi connectivity index (χ0n) is 14.8. The second-order valence-corrected chi connectivity index (χ2v) is 7.56. The molecule has 124 valence electrons. The molecule has 1 unspecified atom stereocenters. The average Bonchev–Trinajstić information content (AvgIpc) is 2.46. The molecule has 24 heavy (non-hydrogen) atoms. The molecule has 2 rings (SSSR count). The van der Waals surface area contributed by atoms with Crippen molar-refractivity contribution >= 4 is 38.3 Å². The molecule has 0 spiro atoms. The summed E-state index contributed by atoms with van der Waals surface area (Å²) >= 11 is 0. The van der Waals surface area contributed by atoms with Gasteiger partial charge in [-0.25, -0.2) is 0 Å². The number of aryl methyl sites for hydroxylation is 2. The molecular weight excluding hydrogens is 310 g/mol. The zero-order valence-corrected chi connectivity index (χ0v) is 15.8. The van der Waals surface area contributed by atoms with Crippen LogP contribution in [0.25, 0.3) is 0 Å². The van der Waals surface area contributed by atoms with E-state index in [0.717, 1.165) is 27.7 Å². The first-order chi connectivity index (χ1) is 10.8. The molecule has 4 heteroatoms. The summed E-state index contributed by atoms with van der Waals surface area (Å²) in [6, 6.07) is 9.96. The summed E-state index contributed by atoms with van der Waals surface area (Å²) in [4.78, 5) is 12.8. The Morgan fingerprint density at radius 3 is 2.08 bits per heavy atom. The van der Waals surface area contributed by atoms with E-state index in [1.54, 1.807) is 0 Å². The van der Waals surface area contributed by atoms with E-state index in [1.807, 2.05) is 52.0 Å². The maximum absolute atomic E-state index is 12.8. The van der Waals surface area contributed by atoms with Crippen molar-refractivity contribution < 1.29 is 9.53 Å². The van der Waals surface area contributed by atoms with Gasteiger partial charge in [0.15, 0.2) is 5.52 Å². The third kappa shape index (κ3) is 4.97. The molecule has 0 saturated carbocycles. The summed E-state index contributed by atoms with van der Waals surface area (Å²) < 4.78 is 5.64. The standard InChI is InChI=1S/C20H25O2P.Li.H/c1-12(2)22-17-7-9-18(10-8-17)23-20(21)19-14(4)11-13(3)15(5)16(19)6;;/h7-12,23H,1-6H3;;. The van der Waals surface area contributed by atoms with Crippen LogP contribution in [0.5, 0.6) is 5.75 Å². The van der Waals surface area contributed by atoms with E-state index in [1.165, 1.54) is 11.1 Å². The van der Waals surface area contributed by atoms with Crippen molar-refractivity contribution in [2.45, 2.75) is 47.6 Å². The fourth-order valence-electron chi connectivity index (χ4n) is 2.72. The Labute approximate surface area is 159 Å². The van der Waals surface area contributed by atoms with Crippen molar-refractivity contribution in [3.05, 3.63) is 58.1 Å². The van der Waals surface area contributed by atoms with Crippen LogP contribution in [0.2, 0.25) is 0 Å². The van der Waals surface area contributed by atoms with Gasteiger partial charge < -0.3 is 4.74 Å². The van der Waals surface area contributed by atoms with E-state index in [4.69, 9.17) is 4.74 Å². The second-order valence-electron chi connectivity index (χ2n) is 6.28. The van der Waals surface area contributed by atoms with E-state index in [-0.39, 0.29) is 39.1 Å². The quantitative estimate of drug-likeness (QED) is 0.604. The van der Waals surface area contributed by atoms with Crippen molar-refractivity contribution in [2.75, 3.05) is 0 Å². The molecule has 0 aliphatic carbocycles. The van der Waals surface area contributed by atoms with Crippen molar-refractivity contribution in [1.29, 1.82) is 0 Å². The van der Waals surface area contributed by atoms with Gasteiger partial charge in [0.1, 0.15) is 5.75 Å². The van der Waals surface area contributed by atoms with Gasteiger partial charge in [-0.05, 0) is 89.8 Å². The van der Waals surface area contributed by atoms with E-state index in [9.17, 15) is 4.79 Å². The molecule has 0 saturated heterocycles. The predicted molar refractivity (Wildman–Crippen MR) is 107 cm³/mol. The van der Waals surface area contributed by atoms with E-state index < -0.39 is 0 Å². The first-order valence-electron chi connectivity index (χ1n) is 7.95. The molecule has 0 aliphatic heterocycles. The van der Waals surface area contributed by atoms with Gasteiger partial charge in [-0.2, -0.15) is 0 Å². The predicted octanol–water partition coefficient (Wildman–Crippen LogP) is 4.20. The van der Waals surface area contributed by atoms with Crippen LogP contribution in [0, 0.1) is 27.7 Å². The third-order valence-electron chi connectivity index (χ3n) is 4.07. The van der Waals surface area contributed by atoms with Crippen LogP contribution in [-0.4, -0.2) is 30.5 Å². The van der Waals surface area contributed by atoms with Gasteiger partial charge in [0, 0.05) is 5.56 Å². The van der Waals surface area contributed by atoms with Crippen LogP contribution in [-0.2, 0) is 0 Å². The number of carbonyl (C=O) groups is 1. The number of benzene rings is 2. The topological polar surface area (TPSA) is 26.3 Å². The summed E-state index contributed by atoms with van der Waals surface area (Å²) in [5.41, 5.74) is 5.73. The van der Waals surface area contributed by atoms with E-state index in [2.05, 4.69) is 19.9 Å². The van der Waals surface area contributed by atoms with Crippen LogP contribution in [0.15, 0.2) is 30.3 Å². The Hall–Kier alpha value is -1.06. The summed E-state index contributed by atoms with van der Waals surface area (Å²) in [5, 5.41) is 1.04. The summed E-state index contributed by atoms with van der Waals surface area (Å²) in [6.07, 6.45) is 0.158. The zero-order chi connectivity index (χ0) is 17.1. The normalized spacial score (nSPS) is 11.0. The van der Waals surface area contributed by atoms with Gasteiger partial charge in [0.05, 0.1) is 6.10 Å². The molecule has 0 aromatic heterocycles. The molecule has 1 atom stereocenters. The molecule has 0 bridgehead atoms. The molecule has 2 aromatic carbocycles. The number of hydrogen-bond acceptors (Lipinski definition) is 2. The van der Waals surface area contributed by atoms with Crippen molar-refractivity contribution in [2.24, 2.45) is 0 Å². The summed E-state index contributed by atoms with van der Waals surface area (Å²) in [5.74, 6) is 0.847. The van der Waals surface area contributed by atoms with Gasteiger partial charge in [-0.3, -0.25) is 4.79 Å². The molecule has 0 N–H and O–H groups in total. The van der Waals surface area contributed by atoms with Crippen molar-refractivity contribution in [1.82, 2.24) is 0 Å². The molecular formula is C20H26LiO2P. The minimum absolute atomic E-state index is 0. The van der Waals surface area contributed by atoms with E-state index >= 15 is 0 Å². The Kier molecular flexibility index (Phi) is 7.75. The fraction of sp³-hybridized carbons (Fsp3) is 0.350. The Morgan fingerprint density at radius 1 is 0.958 bits per heavy atom. The Bertz CT molecular complexity index is 721.